The van der Waals surface area contributed by atoms with E-state index in [0.717, 1.165) is 0 Å². The highest BCUT2D eigenvalue weighted by atomic mass is 16.6. The number of ether oxygens (including phenoxy) is 2. The number of benzene rings is 1. The van der Waals surface area contributed by atoms with Crippen molar-refractivity contribution in [3.05, 3.63) is 23.8 Å². The quantitative estimate of drug-likeness (QED) is 0.892. The lowest BCUT2D eigenvalue weighted by atomic mass is 9.96. The Hall–Kier alpha value is -1.75. The van der Waals surface area contributed by atoms with Gasteiger partial charge in [-0.3, -0.25) is 5.32 Å². The van der Waals surface area contributed by atoms with Gasteiger partial charge in [0.2, 0.25) is 0 Å². The second-order valence-electron chi connectivity index (χ2n) is 6.10. The van der Waals surface area contributed by atoms with Gasteiger partial charge < -0.3 is 14.6 Å². The fourth-order valence-electron chi connectivity index (χ4n) is 1.68. The van der Waals surface area contributed by atoms with Crippen LogP contribution in [0.15, 0.2) is 18.2 Å². The number of hydrogen-bond donors (Lipinski definition) is 2. The van der Waals surface area contributed by atoms with Gasteiger partial charge in [0, 0.05) is 5.56 Å². The highest BCUT2D eigenvalue weighted by molar-refractivity contribution is 5.86. The zero-order valence-electron chi connectivity index (χ0n) is 12.9. The molecule has 0 saturated heterocycles. The molecular formula is C15H23NO4. The first-order valence-corrected chi connectivity index (χ1v) is 6.44. The van der Waals surface area contributed by atoms with Gasteiger partial charge in [-0.1, -0.05) is 0 Å². The molecule has 0 heterocycles. The van der Waals surface area contributed by atoms with Crippen LogP contribution in [0.1, 0.15) is 40.2 Å². The molecule has 0 atom stereocenters. The summed E-state index contributed by atoms with van der Waals surface area (Å²) in [6, 6.07) is 5.07. The molecule has 1 aromatic rings. The molecule has 0 aliphatic heterocycles. The van der Waals surface area contributed by atoms with Crippen LogP contribution in [0.3, 0.4) is 0 Å². The van der Waals surface area contributed by atoms with Crippen LogP contribution in [0.5, 0.6) is 5.75 Å². The van der Waals surface area contributed by atoms with E-state index >= 15 is 0 Å². The van der Waals surface area contributed by atoms with Crippen molar-refractivity contribution in [3.8, 4) is 5.75 Å². The number of aliphatic hydroxyl groups is 1. The summed E-state index contributed by atoms with van der Waals surface area (Å²) in [5, 5.41) is 12.8. The maximum Gasteiger partial charge on any atom is 0.412 e. The molecule has 1 aromatic carbocycles. The van der Waals surface area contributed by atoms with E-state index < -0.39 is 17.3 Å². The normalized spacial score (nSPS) is 11.9. The van der Waals surface area contributed by atoms with Gasteiger partial charge in [0.1, 0.15) is 11.4 Å². The second-order valence-corrected chi connectivity index (χ2v) is 6.10. The lowest BCUT2D eigenvalue weighted by molar-refractivity contribution is 0.0632. The summed E-state index contributed by atoms with van der Waals surface area (Å²) >= 11 is 0. The monoisotopic (exact) mass is 281 g/mol. The summed E-state index contributed by atoms with van der Waals surface area (Å²) in [6.07, 6.45) is -0.562. The molecule has 5 heteroatoms. The Morgan fingerprint density at radius 1 is 1.20 bits per heavy atom. The van der Waals surface area contributed by atoms with Crippen molar-refractivity contribution in [1.29, 1.82) is 0 Å². The SMILES string of the molecule is COc1ccc(NC(=O)OC(C)(C)C)c(C(C)(C)O)c1. The third-order valence-electron chi connectivity index (χ3n) is 2.52. The summed E-state index contributed by atoms with van der Waals surface area (Å²) in [4.78, 5) is 11.8. The van der Waals surface area contributed by atoms with E-state index in [1.807, 2.05) is 0 Å². The van der Waals surface area contributed by atoms with E-state index in [1.165, 1.54) is 0 Å². The average Bonchev–Trinajstić information content (AvgIpc) is 2.25. The summed E-state index contributed by atoms with van der Waals surface area (Å²) < 4.78 is 10.3. The minimum absolute atomic E-state index is 0.493. The maximum atomic E-state index is 11.8. The molecule has 0 bridgehead atoms. The number of amides is 1. The standard InChI is InChI=1S/C15H23NO4/c1-14(2,3)20-13(17)16-12-8-7-10(19-6)9-11(12)15(4,5)18/h7-9,18H,1-6H3,(H,16,17). The molecule has 0 fully saturated rings. The molecule has 1 rings (SSSR count). The number of carbonyl (C=O) groups excluding carboxylic acids is 1. The van der Waals surface area contributed by atoms with Crippen molar-refractivity contribution in [2.75, 3.05) is 12.4 Å². The number of methoxy groups -OCH3 is 1. The minimum Gasteiger partial charge on any atom is -0.497 e. The number of hydrogen-bond acceptors (Lipinski definition) is 4. The molecule has 0 saturated carbocycles. The molecule has 0 spiro atoms. The Morgan fingerprint density at radius 2 is 1.80 bits per heavy atom. The maximum absolute atomic E-state index is 11.8. The summed E-state index contributed by atoms with van der Waals surface area (Å²) in [5.74, 6) is 0.608. The van der Waals surface area contributed by atoms with Crippen molar-refractivity contribution in [2.45, 2.75) is 45.8 Å². The van der Waals surface area contributed by atoms with Crippen LogP contribution < -0.4 is 10.1 Å². The van der Waals surface area contributed by atoms with E-state index in [2.05, 4.69) is 5.32 Å². The van der Waals surface area contributed by atoms with Gasteiger partial charge in [-0.2, -0.15) is 0 Å². The number of rotatable bonds is 3. The Labute approximate surface area is 119 Å². The van der Waals surface area contributed by atoms with Gasteiger partial charge >= 0.3 is 6.09 Å². The first kappa shape index (κ1) is 16.3. The van der Waals surface area contributed by atoms with E-state index in [9.17, 15) is 9.90 Å². The van der Waals surface area contributed by atoms with Crippen molar-refractivity contribution < 1.29 is 19.4 Å². The van der Waals surface area contributed by atoms with Crippen LogP contribution in [0.4, 0.5) is 10.5 Å². The van der Waals surface area contributed by atoms with E-state index in [4.69, 9.17) is 9.47 Å². The Bertz CT molecular complexity index is 484. The lowest BCUT2D eigenvalue weighted by Crippen LogP contribution is -2.28. The first-order valence-electron chi connectivity index (χ1n) is 6.44. The molecule has 5 nitrogen and oxygen atoms in total. The van der Waals surface area contributed by atoms with Gasteiger partial charge in [-0.15, -0.1) is 0 Å². The highest BCUT2D eigenvalue weighted by Gasteiger charge is 2.23. The van der Waals surface area contributed by atoms with Crippen LogP contribution in [-0.4, -0.2) is 23.9 Å². The van der Waals surface area contributed by atoms with Crippen molar-refractivity contribution >= 4 is 11.8 Å². The molecule has 0 aromatic heterocycles. The Balaban J connectivity index is 3.03. The summed E-state index contributed by atoms with van der Waals surface area (Å²) in [6.45, 7) is 8.65. The molecule has 2 N–H and O–H groups in total. The molecular weight excluding hydrogens is 258 g/mol. The number of carbonyl (C=O) groups is 1. The van der Waals surface area contributed by atoms with E-state index in [0.29, 0.717) is 17.0 Å². The fourth-order valence-corrected chi connectivity index (χ4v) is 1.68. The second kappa shape index (κ2) is 5.71. The molecule has 0 radical (unpaired) electrons. The first-order chi connectivity index (χ1) is 9.03. The van der Waals surface area contributed by atoms with Crippen molar-refractivity contribution in [2.24, 2.45) is 0 Å². The largest absolute Gasteiger partial charge is 0.497 e. The molecule has 1 amide bonds. The predicted molar refractivity (Wildman–Crippen MR) is 78.1 cm³/mol. The van der Waals surface area contributed by atoms with Gasteiger partial charge in [0.05, 0.1) is 18.4 Å². The van der Waals surface area contributed by atoms with Gasteiger partial charge in [0.15, 0.2) is 0 Å². The van der Waals surface area contributed by atoms with Crippen LogP contribution in [0.2, 0.25) is 0 Å². The molecule has 0 unspecified atom stereocenters. The molecule has 112 valence electrons. The molecule has 0 aliphatic rings. The zero-order chi connectivity index (χ0) is 15.6. The Kier molecular flexibility index (Phi) is 4.65. The third-order valence-corrected chi connectivity index (χ3v) is 2.52. The van der Waals surface area contributed by atoms with E-state index in [1.54, 1.807) is 59.9 Å². The number of anilines is 1. The summed E-state index contributed by atoms with van der Waals surface area (Å²) in [7, 11) is 1.55. The van der Waals surface area contributed by atoms with Gasteiger partial charge in [-0.05, 0) is 52.8 Å². The molecule has 20 heavy (non-hydrogen) atoms. The number of nitrogens with one attached hydrogen (secondary N) is 1. The lowest BCUT2D eigenvalue weighted by Gasteiger charge is -2.24. The molecule has 0 aliphatic carbocycles. The van der Waals surface area contributed by atoms with Crippen LogP contribution in [0.25, 0.3) is 0 Å². The van der Waals surface area contributed by atoms with E-state index in [-0.39, 0.29) is 0 Å². The summed E-state index contributed by atoms with van der Waals surface area (Å²) in [5.41, 5.74) is -0.639. The van der Waals surface area contributed by atoms with Crippen molar-refractivity contribution in [1.82, 2.24) is 0 Å². The zero-order valence-corrected chi connectivity index (χ0v) is 12.9. The average molecular weight is 281 g/mol. The van der Waals surface area contributed by atoms with Crippen LogP contribution in [-0.2, 0) is 10.3 Å². The highest BCUT2D eigenvalue weighted by Crippen LogP contribution is 2.31. The topological polar surface area (TPSA) is 67.8 Å². The fraction of sp³-hybridized carbons (Fsp3) is 0.533. The minimum atomic E-state index is -1.11. The van der Waals surface area contributed by atoms with Crippen molar-refractivity contribution in [3.63, 3.8) is 0 Å². The Morgan fingerprint density at radius 3 is 2.25 bits per heavy atom. The van der Waals surface area contributed by atoms with Crippen LogP contribution in [0, 0.1) is 0 Å². The smallest absolute Gasteiger partial charge is 0.412 e. The predicted octanol–water partition coefficient (Wildman–Crippen LogP) is 3.27. The van der Waals surface area contributed by atoms with Gasteiger partial charge in [-0.25, -0.2) is 4.79 Å². The van der Waals surface area contributed by atoms with Crippen LogP contribution >= 0.6 is 0 Å². The third kappa shape index (κ3) is 4.74. The van der Waals surface area contributed by atoms with Gasteiger partial charge in [0.25, 0.3) is 0 Å².